The molecule has 0 aliphatic carbocycles. The second-order valence-corrected chi connectivity index (χ2v) is 5.20. The molecule has 1 saturated heterocycles. The highest BCUT2D eigenvalue weighted by Gasteiger charge is 2.40. The van der Waals surface area contributed by atoms with E-state index < -0.39 is 0 Å². The smallest absolute Gasteiger partial charge is 0.0878 e. The number of ether oxygens (including phenoxy) is 2. The summed E-state index contributed by atoms with van der Waals surface area (Å²) in [4.78, 5) is 0. The minimum absolute atomic E-state index is 0.00875. The molecule has 1 rings (SSSR count). The summed E-state index contributed by atoms with van der Waals surface area (Å²) in [5.74, 6) is 0.743. The average molecular weight is 243 g/mol. The number of hydrogen-bond donors (Lipinski definition) is 1. The summed E-state index contributed by atoms with van der Waals surface area (Å²) >= 11 is 0. The van der Waals surface area contributed by atoms with E-state index in [4.69, 9.17) is 9.47 Å². The van der Waals surface area contributed by atoms with Gasteiger partial charge in [0.05, 0.1) is 5.60 Å². The molecule has 0 bridgehead atoms. The number of likely N-dealkylation sites (N-methyl/N-ethyl adjacent to an activating group) is 1. The summed E-state index contributed by atoms with van der Waals surface area (Å²) in [7, 11) is 2.06. The Morgan fingerprint density at radius 2 is 1.94 bits per heavy atom. The summed E-state index contributed by atoms with van der Waals surface area (Å²) in [5, 5.41) is 3.48. The van der Waals surface area contributed by atoms with Gasteiger partial charge in [0.2, 0.25) is 0 Å². The maximum atomic E-state index is 6.13. The summed E-state index contributed by atoms with van der Waals surface area (Å²) < 4.78 is 11.6. The van der Waals surface area contributed by atoms with Crippen LogP contribution in [0.15, 0.2) is 0 Å². The standard InChI is InChI=1S/C14H29NO2/c1-5-12(3)11-13(15-4)14(17-6-2)7-9-16-10-8-14/h12-13,15H,5-11H2,1-4H3. The first-order valence-electron chi connectivity index (χ1n) is 7.07. The molecule has 0 spiro atoms. The van der Waals surface area contributed by atoms with Crippen LogP contribution in [-0.4, -0.2) is 38.5 Å². The monoisotopic (exact) mass is 243 g/mol. The van der Waals surface area contributed by atoms with E-state index in [0.29, 0.717) is 6.04 Å². The molecule has 0 amide bonds. The van der Waals surface area contributed by atoms with Crippen molar-refractivity contribution >= 4 is 0 Å². The van der Waals surface area contributed by atoms with Crippen LogP contribution in [-0.2, 0) is 9.47 Å². The first-order chi connectivity index (χ1) is 8.18. The van der Waals surface area contributed by atoms with Crippen LogP contribution in [0.3, 0.4) is 0 Å². The average Bonchev–Trinajstić information content (AvgIpc) is 2.37. The molecule has 1 aliphatic heterocycles. The van der Waals surface area contributed by atoms with Crippen molar-refractivity contribution in [1.82, 2.24) is 5.32 Å². The van der Waals surface area contributed by atoms with Gasteiger partial charge in [-0.1, -0.05) is 20.3 Å². The van der Waals surface area contributed by atoms with E-state index in [1.54, 1.807) is 0 Å². The fourth-order valence-corrected chi connectivity index (χ4v) is 2.76. The normalized spacial score (nSPS) is 23.3. The molecule has 1 N–H and O–H groups in total. The summed E-state index contributed by atoms with van der Waals surface area (Å²) in [6.45, 7) is 9.13. The minimum atomic E-state index is -0.00875. The predicted octanol–water partition coefficient (Wildman–Crippen LogP) is 2.60. The van der Waals surface area contributed by atoms with Crippen molar-refractivity contribution in [1.29, 1.82) is 0 Å². The molecule has 3 heteroatoms. The lowest BCUT2D eigenvalue weighted by Gasteiger charge is -2.44. The zero-order chi connectivity index (χ0) is 12.7. The van der Waals surface area contributed by atoms with Crippen LogP contribution in [0.25, 0.3) is 0 Å². The van der Waals surface area contributed by atoms with Crippen LogP contribution < -0.4 is 5.32 Å². The van der Waals surface area contributed by atoms with Crippen molar-refractivity contribution in [3.63, 3.8) is 0 Å². The molecule has 0 aromatic heterocycles. The van der Waals surface area contributed by atoms with E-state index in [0.717, 1.165) is 38.6 Å². The Labute approximate surface area is 106 Å². The van der Waals surface area contributed by atoms with Crippen LogP contribution in [0.4, 0.5) is 0 Å². The van der Waals surface area contributed by atoms with E-state index in [2.05, 4.69) is 33.1 Å². The van der Waals surface area contributed by atoms with E-state index in [9.17, 15) is 0 Å². The predicted molar refractivity (Wildman–Crippen MR) is 71.3 cm³/mol. The summed E-state index contributed by atoms with van der Waals surface area (Å²) in [6.07, 6.45) is 4.45. The van der Waals surface area contributed by atoms with Gasteiger partial charge >= 0.3 is 0 Å². The molecule has 102 valence electrons. The topological polar surface area (TPSA) is 30.5 Å². The van der Waals surface area contributed by atoms with Crippen molar-refractivity contribution in [3.8, 4) is 0 Å². The summed E-state index contributed by atoms with van der Waals surface area (Å²) in [5.41, 5.74) is -0.00875. The van der Waals surface area contributed by atoms with Crippen molar-refractivity contribution < 1.29 is 9.47 Å². The molecule has 2 unspecified atom stereocenters. The quantitative estimate of drug-likeness (QED) is 0.745. The molecule has 0 aromatic rings. The first kappa shape index (κ1) is 14.9. The van der Waals surface area contributed by atoms with Crippen LogP contribution in [0.1, 0.15) is 46.5 Å². The van der Waals surface area contributed by atoms with Crippen LogP contribution in [0.5, 0.6) is 0 Å². The lowest BCUT2D eigenvalue weighted by Crippen LogP contribution is -2.55. The third-order valence-electron chi connectivity index (χ3n) is 4.09. The second-order valence-electron chi connectivity index (χ2n) is 5.20. The first-order valence-corrected chi connectivity index (χ1v) is 7.07. The molecule has 17 heavy (non-hydrogen) atoms. The van der Waals surface area contributed by atoms with Gasteiger partial charge in [-0.15, -0.1) is 0 Å². The highest BCUT2D eigenvalue weighted by atomic mass is 16.5. The Morgan fingerprint density at radius 1 is 1.29 bits per heavy atom. The van der Waals surface area contributed by atoms with Gasteiger partial charge in [0, 0.05) is 38.7 Å². The molecular formula is C14H29NO2. The Balaban J connectivity index is 2.70. The highest BCUT2D eigenvalue weighted by molar-refractivity contribution is 4.95. The van der Waals surface area contributed by atoms with E-state index in [-0.39, 0.29) is 5.60 Å². The van der Waals surface area contributed by atoms with Gasteiger partial charge in [-0.3, -0.25) is 0 Å². The molecule has 1 aliphatic rings. The number of rotatable bonds is 7. The molecule has 0 saturated carbocycles. The molecule has 1 heterocycles. The Morgan fingerprint density at radius 3 is 2.41 bits per heavy atom. The molecule has 0 aromatic carbocycles. The highest BCUT2D eigenvalue weighted by Crippen LogP contribution is 2.32. The fourth-order valence-electron chi connectivity index (χ4n) is 2.76. The lowest BCUT2D eigenvalue weighted by atomic mass is 9.81. The molecule has 1 fully saturated rings. The largest absolute Gasteiger partial charge is 0.381 e. The SMILES string of the molecule is CCOC1(C(CC(C)CC)NC)CCOCC1. The molecule has 0 radical (unpaired) electrons. The molecule has 3 nitrogen and oxygen atoms in total. The van der Waals surface area contributed by atoms with Crippen molar-refractivity contribution in [2.75, 3.05) is 26.9 Å². The number of hydrogen-bond acceptors (Lipinski definition) is 3. The van der Waals surface area contributed by atoms with Crippen LogP contribution in [0.2, 0.25) is 0 Å². The van der Waals surface area contributed by atoms with Gasteiger partial charge in [-0.05, 0) is 26.3 Å². The van der Waals surface area contributed by atoms with Gasteiger partial charge in [0.25, 0.3) is 0 Å². The summed E-state index contributed by atoms with van der Waals surface area (Å²) in [6, 6.07) is 0.446. The van der Waals surface area contributed by atoms with Gasteiger partial charge < -0.3 is 14.8 Å². The Hall–Kier alpha value is -0.120. The fraction of sp³-hybridized carbons (Fsp3) is 1.00. The maximum absolute atomic E-state index is 6.13. The molecule has 2 atom stereocenters. The van der Waals surface area contributed by atoms with E-state index in [1.165, 1.54) is 12.8 Å². The third kappa shape index (κ3) is 3.94. The second kappa shape index (κ2) is 7.34. The van der Waals surface area contributed by atoms with Crippen LogP contribution in [0, 0.1) is 5.92 Å². The van der Waals surface area contributed by atoms with Crippen molar-refractivity contribution in [2.24, 2.45) is 5.92 Å². The Bertz CT molecular complexity index is 197. The molecular weight excluding hydrogens is 214 g/mol. The van der Waals surface area contributed by atoms with Gasteiger partial charge in [-0.25, -0.2) is 0 Å². The third-order valence-corrected chi connectivity index (χ3v) is 4.09. The maximum Gasteiger partial charge on any atom is 0.0878 e. The van der Waals surface area contributed by atoms with Crippen LogP contribution >= 0.6 is 0 Å². The van der Waals surface area contributed by atoms with Crippen molar-refractivity contribution in [2.45, 2.75) is 58.1 Å². The minimum Gasteiger partial charge on any atom is -0.381 e. The van der Waals surface area contributed by atoms with Gasteiger partial charge in [-0.2, -0.15) is 0 Å². The Kier molecular flexibility index (Phi) is 6.45. The van der Waals surface area contributed by atoms with Gasteiger partial charge in [0.15, 0.2) is 0 Å². The van der Waals surface area contributed by atoms with Gasteiger partial charge in [0.1, 0.15) is 0 Å². The number of nitrogens with one attached hydrogen (secondary N) is 1. The zero-order valence-electron chi connectivity index (χ0n) is 11.9. The van der Waals surface area contributed by atoms with E-state index >= 15 is 0 Å². The lowest BCUT2D eigenvalue weighted by molar-refractivity contribution is -0.128. The zero-order valence-corrected chi connectivity index (χ0v) is 11.9. The van der Waals surface area contributed by atoms with Crippen molar-refractivity contribution in [3.05, 3.63) is 0 Å². The van der Waals surface area contributed by atoms with E-state index in [1.807, 2.05) is 0 Å².